The molecule has 222 valence electrons. The predicted octanol–water partition coefficient (Wildman–Crippen LogP) is 11.2. The number of aromatic nitrogens is 1. The molecule has 7 aromatic rings. The summed E-state index contributed by atoms with van der Waals surface area (Å²) in [6.07, 6.45) is 1.79. The molecule has 1 N–H and O–H groups in total. The molecule has 1 heterocycles. The van der Waals surface area contributed by atoms with Crippen LogP contribution in [0, 0.1) is 0 Å². The summed E-state index contributed by atoms with van der Waals surface area (Å²) in [7, 11) is 0. The first-order chi connectivity index (χ1) is 22.7. The first kappa shape index (κ1) is 28.4. The largest absolute Gasteiger partial charge is 0.508 e. The molecule has 0 amide bonds. The lowest BCUT2D eigenvalue weighted by molar-refractivity contribution is 0.475. The van der Waals surface area contributed by atoms with Gasteiger partial charge < -0.3 is 14.9 Å². The van der Waals surface area contributed by atoms with Crippen molar-refractivity contribution >= 4 is 51.3 Å². The van der Waals surface area contributed by atoms with Crippen molar-refractivity contribution in [3.8, 4) is 5.75 Å². The van der Waals surface area contributed by atoms with Gasteiger partial charge in [-0.05, 0) is 91.0 Å². The van der Waals surface area contributed by atoms with Gasteiger partial charge in [0.1, 0.15) is 11.6 Å². The Labute approximate surface area is 269 Å². The lowest BCUT2D eigenvalue weighted by Gasteiger charge is -2.32. The molecule has 0 atom stereocenters. The molecule has 0 aliphatic rings. The van der Waals surface area contributed by atoms with Crippen molar-refractivity contribution in [2.24, 2.45) is 0 Å². The van der Waals surface area contributed by atoms with Gasteiger partial charge in [0.2, 0.25) is 0 Å². The lowest BCUT2D eigenvalue weighted by atomic mass is 10.1. The molecular weight excluding hydrogens is 564 g/mol. The number of hydrogen-bond donors (Lipinski definition) is 1. The molecule has 0 aliphatic carbocycles. The molecule has 0 saturated heterocycles. The minimum absolute atomic E-state index is 0.181. The van der Waals surface area contributed by atoms with E-state index in [0.717, 1.165) is 51.3 Å². The summed E-state index contributed by atoms with van der Waals surface area (Å²) in [5.74, 6) is 0.911. The van der Waals surface area contributed by atoms with Gasteiger partial charge >= 0.3 is 0 Å². The van der Waals surface area contributed by atoms with E-state index in [1.807, 2.05) is 54.6 Å². The number of anilines is 9. The van der Waals surface area contributed by atoms with Crippen LogP contribution in [0.3, 0.4) is 0 Å². The number of para-hydroxylation sites is 4. The first-order valence-corrected chi connectivity index (χ1v) is 15.2. The molecular formula is C41H32N4O. The van der Waals surface area contributed by atoms with Gasteiger partial charge in [0.25, 0.3) is 0 Å². The zero-order valence-electron chi connectivity index (χ0n) is 25.1. The fourth-order valence-electron chi connectivity index (χ4n) is 5.70. The Morgan fingerprint density at radius 2 is 0.717 bits per heavy atom. The van der Waals surface area contributed by atoms with Crippen LogP contribution in [0.5, 0.6) is 5.75 Å². The second-order valence-electron chi connectivity index (χ2n) is 10.8. The summed E-state index contributed by atoms with van der Waals surface area (Å²) in [4.78, 5) is 11.4. The molecule has 0 bridgehead atoms. The Morgan fingerprint density at radius 1 is 0.326 bits per heavy atom. The maximum atomic E-state index is 10.6. The molecule has 0 radical (unpaired) electrons. The number of hydrogen-bond acceptors (Lipinski definition) is 5. The van der Waals surface area contributed by atoms with E-state index < -0.39 is 0 Å². The Bertz CT molecular complexity index is 1820. The van der Waals surface area contributed by atoms with Crippen LogP contribution in [0.2, 0.25) is 0 Å². The van der Waals surface area contributed by atoms with Crippen molar-refractivity contribution in [3.05, 3.63) is 188 Å². The predicted molar refractivity (Wildman–Crippen MR) is 190 cm³/mol. The van der Waals surface area contributed by atoms with Crippen LogP contribution in [0.25, 0.3) is 0 Å². The van der Waals surface area contributed by atoms with E-state index in [-0.39, 0.29) is 5.75 Å². The average Bonchev–Trinajstić information content (AvgIpc) is 3.11. The van der Waals surface area contributed by atoms with E-state index in [0.29, 0.717) is 0 Å². The number of aromatic hydroxyl groups is 1. The van der Waals surface area contributed by atoms with Crippen molar-refractivity contribution in [1.82, 2.24) is 4.98 Å². The van der Waals surface area contributed by atoms with Gasteiger partial charge in [0, 0.05) is 35.0 Å². The Kier molecular flexibility index (Phi) is 8.11. The zero-order chi connectivity index (χ0) is 31.1. The van der Waals surface area contributed by atoms with Gasteiger partial charge in [-0.15, -0.1) is 0 Å². The van der Waals surface area contributed by atoms with Crippen LogP contribution in [0.15, 0.2) is 188 Å². The second kappa shape index (κ2) is 13.1. The molecule has 0 aliphatic heterocycles. The minimum Gasteiger partial charge on any atom is -0.508 e. The minimum atomic E-state index is 0.181. The Balaban J connectivity index is 1.53. The normalized spacial score (nSPS) is 10.7. The molecule has 0 saturated carbocycles. The van der Waals surface area contributed by atoms with Gasteiger partial charge in [0.05, 0.1) is 22.7 Å². The maximum Gasteiger partial charge on any atom is 0.137 e. The van der Waals surface area contributed by atoms with Gasteiger partial charge in [-0.3, -0.25) is 4.90 Å². The highest BCUT2D eigenvalue weighted by Crippen LogP contribution is 2.45. The van der Waals surface area contributed by atoms with Gasteiger partial charge in [-0.2, -0.15) is 0 Å². The highest BCUT2D eigenvalue weighted by molar-refractivity contribution is 5.88. The van der Waals surface area contributed by atoms with Crippen LogP contribution in [-0.2, 0) is 0 Å². The molecule has 6 aromatic carbocycles. The standard InChI is InChI=1S/C41H32N4O/c46-40-25-15-24-36(31-40)45(41-26-13-14-27-42-41)39-29-37(43(32-16-5-1-6-17-32)33-18-7-2-8-19-33)28-38(30-39)44(34-20-9-3-10-21-34)35-22-11-4-12-23-35/h1-31,46H. The Hall–Kier alpha value is -6.33. The fraction of sp³-hybridized carbons (Fsp3) is 0. The zero-order valence-corrected chi connectivity index (χ0v) is 25.1. The third-order valence-electron chi connectivity index (χ3n) is 7.69. The summed E-state index contributed by atoms with van der Waals surface area (Å²) in [5, 5.41) is 10.6. The van der Waals surface area contributed by atoms with E-state index in [1.54, 1.807) is 18.3 Å². The van der Waals surface area contributed by atoms with E-state index >= 15 is 0 Å². The van der Waals surface area contributed by atoms with Crippen LogP contribution < -0.4 is 14.7 Å². The molecule has 7 rings (SSSR count). The van der Waals surface area contributed by atoms with Crippen LogP contribution in [0.4, 0.5) is 51.3 Å². The number of phenolic OH excluding ortho intramolecular Hbond substituents is 1. The van der Waals surface area contributed by atoms with E-state index in [2.05, 4.69) is 130 Å². The molecule has 46 heavy (non-hydrogen) atoms. The maximum absolute atomic E-state index is 10.6. The highest BCUT2D eigenvalue weighted by Gasteiger charge is 2.22. The second-order valence-corrected chi connectivity index (χ2v) is 10.8. The van der Waals surface area contributed by atoms with Crippen LogP contribution >= 0.6 is 0 Å². The van der Waals surface area contributed by atoms with Crippen molar-refractivity contribution < 1.29 is 5.11 Å². The lowest BCUT2D eigenvalue weighted by Crippen LogP contribution is -2.16. The molecule has 0 spiro atoms. The summed E-state index contributed by atoms with van der Waals surface area (Å²) in [6.45, 7) is 0. The molecule has 0 unspecified atom stereocenters. The van der Waals surface area contributed by atoms with Gasteiger partial charge in [-0.1, -0.05) is 84.9 Å². The molecule has 5 heteroatoms. The van der Waals surface area contributed by atoms with E-state index in [4.69, 9.17) is 4.98 Å². The summed E-state index contributed by atoms with van der Waals surface area (Å²) in [6, 6.07) is 61.3. The number of phenols is 1. The summed E-state index contributed by atoms with van der Waals surface area (Å²) >= 11 is 0. The molecule has 1 aromatic heterocycles. The van der Waals surface area contributed by atoms with Crippen molar-refractivity contribution in [2.45, 2.75) is 0 Å². The quantitative estimate of drug-likeness (QED) is 0.180. The van der Waals surface area contributed by atoms with Crippen LogP contribution in [-0.4, -0.2) is 10.1 Å². The Morgan fingerprint density at radius 3 is 1.11 bits per heavy atom. The number of pyridine rings is 1. The molecule has 0 fully saturated rings. The van der Waals surface area contributed by atoms with Crippen molar-refractivity contribution in [3.63, 3.8) is 0 Å². The van der Waals surface area contributed by atoms with Gasteiger partial charge in [-0.25, -0.2) is 4.98 Å². The van der Waals surface area contributed by atoms with E-state index in [1.165, 1.54) is 0 Å². The fourth-order valence-corrected chi connectivity index (χ4v) is 5.70. The number of rotatable bonds is 9. The third-order valence-corrected chi connectivity index (χ3v) is 7.69. The topological polar surface area (TPSA) is 42.8 Å². The average molecular weight is 597 g/mol. The summed E-state index contributed by atoms with van der Waals surface area (Å²) < 4.78 is 0. The molecule has 5 nitrogen and oxygen atoms in total. The summed E-state index contributed by atoms with van der Waals surface area (Å²) in [5.41, 5.74) is 7.72. The monoisotopic (exact) mass is 596 g/mol. The van der Waals surface area contributed by atoms with Crippen molar-refractivity contribution in [2.75, 3.05) is 14.7 Å². The highest BCUT2D eigenvalue weighted by atomic mass is 16.3. The smallest absolute Gasteiger partial charge is 0.137 e. The SMILES string of the molecule is Oc1cccc(N(c2cc(N(c3ccccc3)c3ccccc3)cc(N(c3ccccc3)c3ccccc3)c2)c2ccccn2)c1. The third kappa shape index (κ3) is 6.03. The number of benzene rings is 6. The number of nitrogens with zero attached hydrogens (tertiary/aromatic N) is 4. The van der Waals surface area contributed by atoms with Crippen molar-refractivity contribution in [1.29, 1.82) is 0 Å². The van der Waals surface area contributed by atoms with Gasteiger partial charge in [0.15, 0.2) is 0 Å². The van der Waals surface area contributed by atoms with E-state index in [9.17, 15) is 5.11 Å². The van der Waals surface area contributed by atoms with Crippen LogP contribution in [0.1, 0.15) is 0 Å². The first-order valence-electron chi connectivity index (χ1n) is 15.2.